The van der Waals surface area contributed by atoms with E-state index in [-0.39, 0.29) is 11.5 Å². The molecule has 0 radical (unpaired) electrons. The number of carbonyl (C=O) groups is 1. The Hall–Kier alpha value is -2.18. The van der Waals surface area contributed by atoms with Crippen molar-refractivity contribution in [2.75, 3.05) is 31.1 Å². The normalized spacial score (nSPS) is 20.0. The molecule has 2 aromatic rings. The van der Waals surface area contributed by atoms with Crippen LogP contribution in [0.3, 0.4) is 0 Å². The van der Waals surface area contributed by atoms with Crippen LogP contribution >= 0.6 is 11.6 Å². The van der Waals surface area contributed by atoms with Gasteiger partial charge in [-0.3, -0.25) is 4.79 Å². The predicted octanol–water partition coefficient (Wildman–Crippen LogP) is 2.92. The Balaban J connectivity index is 1.39. The highest BCUT2D eigenvalue weighted by atomic mass is 35.5. The highest BCUT2D eigenvalue weighted by molar-refractivity contribution is 6.30. The maximum atomic E-state index is 12.9. The van der Waals surface area contributed by atoms with Gasteiger partial charge in [0.1, 0.15) is 0 Å². The molecule has 2 fully saturated rings. The van der Waals surface area contributed by atoms with Gasteiger partial charge in [-0.25, -0.2) is 9.97 Å². The fourth-order valence-corrected chi connectivity index (χ4v) is 4.06. The second-order valence-corrected chi connectivity index (χ2v) is 7.63. The molecule has 4 rings (SSSR count). The smallest absolute Gasteiger partial charge is 0.225 e. The van der Waals surface area contributed by atoms with Crippen LogP contribution in [0, 0.1) is 0 Å². The van der Waals surface area contributed by atoms with Gasteiger partial charge in [-0.05, 0) is 36.6 Å². The molecule has 0 saturated carbocycles. The summed E-state index contributed by atoms with van der Waals surface area (Å²) < 4.78 is 6.22. The van der Waals surface area contributed by atoms with Gasteiger partial charge in [-0.15, -0.1) is 0 Å². The zero-order chi connectivity index (χ0) is 18.7. The number of nitrogens with zero attached hydrogens (tertiary/aromatic N) is 4. The van der Waals surface area contributed by atoms with E-state index < -0.39 is 0 Å². The zero-order valence-electron chi connectivity index (χ0n) is 15.2. The number of anilines is 1. The molecule has 1 spiro atoms. The number of piperidine rings is 1. The minimum atomic E-state index is -0.370. The van der Waals surface area contributed by atoms with Crippen LogP contribution in [0.25, 0.3) is 0 Å². The third-order valence-electron chi connectivity index (χ3n) is 5.37. The van der Waals surface area contributed by atoms with Gasteiger partial charge in [0.05, 0.1) is 18.6 Å². The van der Waals surface area contributed by atoms with E-state index in [0.717, 1.165) is 37.4 Å². The quantitative estimate of drug-likeness (QED) is 0.811. The summed E-state index contributed by atoms with van der Waals surface area (Å²) in [5.74, 6) is 0.895. The predicted molar refractivity (Wildman–Crippen MR) is 104 cm³/mol. The Morgan fingerprint density at radius 3 is 2.63 bits per heavy atom. The van der Waals surface area contributed by atoms with E-state index in [1.807, 2.05) is 35.2 Å². The molecule has 142 valence electrons. The topological polar surface area (TPSA) is 58.6 Å². The monoisotopic (exact) mass is 386 g/mol. The Labute approximate surface area is 164 Å². The summed E-state index contributed by atoms with van der Waals surface area (Å²) in [7, 11) is 0. The number of hydrogen-bond acceptors (Lipinski definition) is 5. The van der Waals surface area contributed by atoms with E-state index in [1.54, 1.807) is 12.4 Å². The molecular weight excluding hydrogens is 364 g/mol. The molecule has 2 aliphatic heterocycles. The Morgan fingerprint density at radius 2 is 1.89 bits per heavy atom. The van der Waals surface area contributed by atoms with Gasteiger partial charge in [0.25, 0.3) is 0 Å². The SMILES string of the molecule is O=C1CC2(CCN(c3ncccn3)CC2)OCCN1Cc1cccc(Cl)c1. The molecular formula is C20H23ClN4O2. The van der Waals surface area contributed by atoms with Crippen molar-refractivity contribution in [3.05, 3.63) is 53.3 Å². The first-order valence-electron chi connectivity index (χ1n) is 9.32. The maximum absolute atomic E-state index is 12.9. The Morgan fingerprint density at radius 1 is 1.11 bits per heavy atom. The van der Waals surface area contributed by atoms with Gasteiger partial charge in [0, 0.05) is 43.6 Å². The van der Waals surface area contributed by atoms with Gasteiger partial charge < -0.3 is 14.5 Å². The molecule has 2 saturated heterocycles. The number of rotatable bonds is 3. The molecule has 6 nitrogen and oxygen atoms in total. The lowest BCUT2D eigenvalue weighted by Crippen LogP contribution is -2.47. The Kier molecular flexibility index (Phi) is 5.27. The molecule has 0 bridgehead atoms. The summed E-state index contributed by atoms with van der Waals surface area (Å²) in [6.45, 7) is 3.34. The minimum absolute atomic E-state index is 0.150. The van der Waals surface area contributed by atoms with Crippen molar-refractivity contribution in [3.63, 3.8) is 0 Å². The van der Waals surface area contributed by atoms with Crippen LogP contribution in [0.1, 0.15) is 24.8 Å². The average molecular weight is 387 g/mol. The number of benzene rings is 1. The zero-order valence-corrected chi connectivity index (χ0v) is 15.9. The van der Waals surface area contributed by atoms with Crippen molar-refractivity contribution in [1.29, 1.82) is 0 Å². The first-order chi connectivity index (χ1) is 13.1. The van der Waals surface area contributed by atoms with Crippen LogP contribution in [0.15, 0.2) is 42.7 Å². The fraction of sp³-hybridized carbons (Fsp3) is 0.450. The number of hydrogen-bond donors (Lipinski definition) is 0. The standard InChI is InChI=1S/C20H23ClN4O2/c21-17-4-1-3-16(13-17)15-25-11-12-27-20(14-18(25)26)5-9-24(10-6-20)19-22-7-2-8-23-19/h1-4,7-8,13H,5-6,9-12,14-15H2. The molecule has 0 unspecified atom stereocenters. The number of carbonyl (C=O) groups excluding carboxylic acids is 1. The van der Waals surface area contributed by atoms with E-state index in [9.17, 15) is 4.79 Å². The van der Waals surface area contributed by atoms with Gasteiger partial charge in [-0.1, -0.05) is 23.7 Å². The second-order valence-electron chi connectivity index (χ2n) is 7.19. The van der Waals surface area contributed by atoms with Crippen LogP contribution in [0.5, 0.6) is 0 Å². The highest BCUT2D eigenvalue weighted by Gasteiger charge is 2.41. The molecule has 2 aliphatic rings. The van der Waals surface area contributed by atoms with Crippen LogP contribution < -0.4 is 4.90 Å². The summed E-state index contributed by atoms with van der Waals surface area (Å²) in [5.41, 5.74) is 0.675. The largest absolute Gasteiger partial charge is 0.372 e. The summed E-state index contributed by atoms with van der Waals surface area (Å²) in [4.78, 5) is 25.6. The molecule has 27 heavy (non-hydrogen) atoms. The van der Waals surface area contributed by atoms with Gasteiger partial charge in [0.2, 0.25) is 11.9 Å². The van der Waals surface area contributed by atoms with Crippen LogP contribution in [0.4, 0.5) is 5.95 Å². The molecule has 3 heterocycles. The van der Waals surface area contributed by atoms with Crippen molar-refractivity contribution >= 4 is 23.5 Å². The molecule has 1 aromatic carbocycles. The number of ether oxygens (including phenoxy) is 1. The lowest BCUT2D eigenvalue weighted by Gasteiger charge is -2.40. The Bertz CT molecular complexity index is 794. The first kappa shape index (κ1) is 18.2. The van der Waals surface area contributed by atoms with Gasteiger partial charge >= 0.3 is 0 Å². The molecule has 1 amide bonds. The van der Waals surface area contributed by atoms with Crippen molar-refractivity contribution in [3.8, 4) is 0 Å². The van der Waals surface area contributed by atoms with Crippen molar-refractivity contribution < 1.29 is 9.53 Å². The summed E-state index contributed by atoms with van der Waals surface area (Å²) >= 11 is 6.07. The van der Waals surface area contributed by atoms with E-state index in [1.165, 1.54) is 0 Å². The molecule has 0 aliphatic carbocycles. The van der Waals surface area contributed by atoms with E-state index in [4.69, 9.17) is 16.3 Å². The molecule has 7 heteroatoms. The van der Waals surface area contributed by atoms with E-state index >= 15 is 0 Å². The van der Waals surface area contributed by atoms with E-state index in [2.05, 4.69) is 14.9 Å². The summed E-state index contributed by atoms with van der Waals surface area (Å²) in [5, 5.41) is 0.693. The third-order valence-corrected chi connectivity index (χ3v) is 5.60. The summed E-state index contributed by atoms with van der Waals surface area (Å²) in [6, 6.07) is 9.49. The number of amides is 1. The summed E-state index contributed by atoms with van der Waals surface area (Å²) in [6.07, 6.45) is 5.55. The number of halogens is 1. The van der Waals surface area contributed by atoms with E-state index in [0.29, 0.717) is 31.1 Å². The second kappa shape index (κ2) is 7.82. The third kappa shape index (κ3) is 4.22. The molecule has 1 aromatic heterocycles. The fourth-order valence-electron chi connectivity index (χ4n) is 3.85. The molecule has 0 N–H and O–H groups in total. The first-order valence-corrected chi connectivity index (χ1v) is 9.70. The van der Waals surface area contributed by atoms with Crippen LogP contribution in [0.2, 0.25) is 5.02 Å². The number of aromatic nitrogens is 2. The van der Waals surface area contributed by atoms with Crippen molar-refractivity contribution in [2.24, 2.45) is 0 Å². The molecule has 0 atom stereocenters. The van der Waals surface area contributed by atoms with Crippen LogP contribution in [-0.4, -0.2) is 52.6 Å². The lowest BCUT2D eigenvalue weighted by atomic mass is 9.87. The average Bonchev–Trinajstić information content (AvgIpc) is 2.82. The van der Waals surface area contributed by atoms with Gasteiger partial charge in [0.15, 0.2) is 0 Å². The lowest BCUT2D eigenvalue weighted by molar-refractivity contribution is -0.134. The maximum Gasteiger partial charge on any atom is 0.225 e. The van der Waals surface area contributed by atoms with Gasteiger partial charge in [-0.2, -0.15) is 0 Å². The van der Waals surface area contributed by atoms with Crippen molar-refractivity contribution in [2.45, 2.75) is 31.4 Å². The highest BCUT2D eigenvalue weighted by Crippen LogP contribution is 2.33. The minimum Gasteiger partial charge on any atom is -0.372 e. The van der Waals surface area contributed by atoms with Crippen molar-refractivity contribution in [1.82, 2.24) is 14.9 Å². The van der Waals surface area contributed by atoms with Crippen LogP contribution in [-0.2, 0) is 16.1 Å².